The molecule has 0 radical (unpaired) electrons. The van der Waals surface area contributed by atoms with Gasteiger partial charge in [0.1, 0.15) is 5.82 Å². The van der Waals surface area contributed by atoms with E-state index in [2.05, 4.69) is 51.2 Å². The van der Waals surface area contributed by atoms with Crippen LogP contribution in [0.15, 0.2) is 113 Å². The van der Waals surface area contributed by atoms with E-state index in [0.717, 1.165) is 32.7 Å². The van der Waals surface area contributed by atoms with E-state index < -0.39 is 0 Å². The minimum atomic E-state index is -0.00595. The summed E-state index contributed by atoms with van der Waals surface area (Å²) < 4.78 is 2.11. The summed E-state index contributed by atoms with van der Waals surface area (Å²) in [5, 5.41) is 10.7. The fourth-order valence-electron chi connectivity index (χ4n) is 4.74. The van der Waals surface area contributed by atoms with E-state index >= 15 is 0 Å². The van der Waals surface area contributed by atoms with E-state index in [1.54, 1.807) is 0 Å². The number of carbonyl (C=O) groups excluding carboxylic acids is 1. The van der Waals surface area contributed by atoms with Gasteiger partial charge in [0.15, 0.2) is 5.16 Å². The number of aromatic nitrogens is 3. The molecule has 2 heterocycles. The van der Waals surface area contributed by atoms with Crippen LogP contribution >= 0.6 is 35.1 Å². The summed E-state index contributed by atoms with van der Waals surface area (Å²) in [6, 6.07) is 26.2. The van der Waals surface area contributed by atoms with Crippen molar-refractivity contribution in [3.8, 4) is 0 Å². The van der Waals surface area contributed by atoms with Crippen molar-refractivity contribution in [2.45, 2.75) is 34.3 Å². The number of anilines is 1. The first-order valence-electron chi connectivity index (χ1n) is 12.4. The van der Waals surface area contributed by atoms with Gasteiger partial charge in [0, 0.05) is 16.3 Å². The minimum absolute atomic E-state index is 0.00595. The fourth-order valence-corrected chi connectivity index (χ4v) is 6.94. The first-order valence-corrected chi connectivity index (χ1v) is 14.7. The molecule has 190 valence electrons. The number of hydrogen-bond donors (Lipinski definition) is 0. The largest absolute Gasteiger partial charge is 0.302 e. The van der Waals surface area contributed by atoms with Crippen LogP contribution in [0.1, 0.15) is 17.0 Å². The summed E-state index contributed by atoms with van der Waals surface area (Å²) in [4.78, 5) is 16.8. The standard InChI is InChI=1S/C30H25ClN4OS2/c31-23-16-14-22(15-17-23)19-34-28(18-21-8-2-1-3-9-21)32-33-30(34)37-20-29(36)35-24-10-4-6-12-26(24)38-27-13-7-5-11-25(27)35/h1-17,24,26H,18-20H2/t24-,26-/m1/s1. The zero-order chi connectivity index (χ0) is 25.9. The van der Waals surface area contributed by atoms with Crippen LogP contribution in [0.25, 0.3) is 0 Å². The van der Waals surface area contributed by atoms with Gasteiger partial charge < -0.3 is 9.47 Å². The fraction of sp³-hybridized carbons (Fsp3) is 0.167. The molecule has 0 bridgehead atoms. The van der Waals surface area contributed by atoms with Crippen LogP contribution in [0.5, 0.6) is 0 Å². The van der Waals surface area contributed by atoms with Crippen LogP contribution < -0.4 is 4.90 Å². The molecule has 2 atom stereocenters. The van der Waals surface area contributed by atoms with E-state index in [0.29, 0.717) is 18.0 Å². The second kappa shape index (κ2) is 11.2. The van der Waals surface area contributed by atoms with Gasteiger partial charge in [-0.1, -0.05) is 102 Å². The number of benzene rings is 3. The average molecular weight is 557 g/mol. The third-order valence-electron chi connectivity index (χ3n) is 6.59. The predicted octanol–water partition coefficient (Wildman–Crippen LogP) is 6.66. The normalized spacial score (nSPS) is 17.8. The van der Waals surface area contributed by atoms with Gasteiger partial charge in [-0.05, 0) is 35.4 Å². The maximum atomic E-state index is 13.8. The van der Waals surface area contributed by atoms with Crippen molar-refractivity contribution in [3.63, 3.8) is 0 Å². The molecular formula is C30H25ClN4OS2. The Morgan fingerprint density at radius 2 is 1.66 bits per heavy atom. The SMILES string of the molecule is O=C(CSc1nnc(Cc2ccccc2)n1Cc1ccc(Cl)cc1)N1c2ccccc2S[C@@H]2C=CC=C[C@H]21. The summed E-state index contributed by atoms with van der Waals surface area (Å²) >= 11 is 9.37. The van der Waals surface area contributed by atoms with Crippen LogP contribution in [0, 0.1) is 0 Å². The molecule has 0 N–H and O–H groups in total. The summed E-state index contributed by atoms with van der Waals surface area (Å²) in [5.74, 6) is 1.19. The molecular weight excluding hydrogens is 532 g/mol. The number of rotatable bonds is 7. The highest BCUT2D eigenvalue weighted by Crippen LogP contribution is 2.43. The number of thioether (sulfide) groups is 2. The Hall–Kier alpha value is -3.26. The molecule has 0 saturated carbocycles. The predicted molar refractivity (Wildman–Crippen MR) is 156 cm³/mol. The van der Waals surface area contributed by atoms with E-state index in [9.17, 15) is 4.79 Å². The van der Waals surface area contributed by atoms with Crippen molar-refractivity contribution >= 4 is 46.7 Å². The molecule has 2 aliphatic rings. The molecule has 1 aromatic heterocycles. The third kappa shape index (κ3) is 5.32. The van der Waals surface area contributed by atoms with Crippen molar-refractivity contribution in [2.24, 2.45) is 0 Å². The Bertz CT molecular complexity index is 1500. The van der Waals surface area contributed by atoms with Crippen LogP contribution in [-0.2, 0) is 17.8 Å². The number of amides is 1. The van der Waals surface area contributed by atoms with Crippen LogP contribution in [-0.4, -0.2) is 37.7 Å². The maximum Gasteiger partial charge on any atom is 0.238 e. The van der Waals surface area contributed by atoms with Gasteiger partial charge in [0.05, 0.1) is 29.3 Å². The summed E-state index contributed by atoms with van der Waals surface area (Å²) in [5.41, 5.74) is 3.23. The van der Waals surface area contributed by atoms with E-state index in [-0.39, 0.29) is 23.0 Å². The molecule has 8 heteroatoms. The lowest BCUT2D eigenvalue weighted by molar-refractivity contribution is -0.116. The molecule has 0 fully saturated rings. The number of allylic oxidation sites excluding steroid dienone is 2. The highest BCUT2D eigenvalue weighted by Gasteiger charge is 2.36. The quantitative estimate of drug-likeness (QED) is 0.238. The Balaban J connectivity index is 1.26. The number of para-hydroxylation sites is 1. The van der Waals surface area contributed by atoms with Crippen molar-refractivity contribution < 1.29 is 4.79 Å². The molecule has 1 aliphatic heterocycles. The van der Waals surface area contributed by atoms with Crippen LogP contribution in [0.3, 0.4) is 0 Å². The van der Waals surface area contributed by atoms with Gasteiger partial charge in [-0.25, -0.2) is 0 Å². The maximum absolute atomic E-state index is 13.8. The van der Waals surface area contributed by atoms with E-state index in [4.69, 9.17) is 11.6 Å². The Kier molecular flexibility index (Phi) is 7.40. The van der Waals surface area contributed by atoms with Crippen molar-refractivity contribution in [3.05, 3.63) is 125 Å². The summed E-state index contributed by atoms with van der Waals surface area (Å²) in [6.45, 7) is 0.601. The zero-order valence-corrected chi connectivity index (χ0v) is 22.9. The summed E-state index contributed by atoms with van der Waals surface area (Å²) in [6.07, 6.45) is 9.05. The van der Waals surface area contributed by atoms with Crippen LogP contribution in [0.2, 0.25) is 5.02 Å². The topological polar surface area (TPSA) is 51.0 Å². The Labute approximate surface area is 235 Å². The highest BCUT2D eigenvalue weighted by atomic mass is 35.5. The number of carbonyl (C=O) groups is 1. The molecule has 1 aliphatic carbocycles. The van der Waals surface area contributed by atoms with E-state index in [1.807, 2.05) is 83.4 Å². The zero-order valence-electron chi connectivity index (χ0n) is 20.5. The molecule has 3 aromatic carbocycles. The van der Waals surface area contributed by atoms with Crippen molar-refractivity contribution in [1.82, 2.24) is 14.8 Å². The molecule has 1 amide bonds. The van der Waals surface area contributed by atoms with Gasteiger partial charge in [-0.15, -0.1) is 22.0 Å². The molecule has 38 heavy (non-hydrogen) atoms. The number of nitrogens with zero attached hydrogens (tertiary/aromatic N) is 4. The molecule has 0 saturated heterocycles. The third-order valence-corrected chi connectivity index (χ3v) is 9.10. The Morgan fingerprint density at radius 3 is 2.50 bits per heavy atom. The number of fused-ring (bicyclic) bond motifs is 2. The van der Waals surface area contributed by atoms with Gasteiger partial charge in [-0.3, -0.25) is 4.79 Å². The molecule has 5 nitrogen and oxygen atoms in total. The van der Waals surface area contributed by atoms with Gasteiger partial charge in [0.2, 0.25) is 5.91 Å². The highest BCUT2D eigenvalue weighted by molar-refractivity contribution is 8.00. The molecule has 0 spiro atoms. The first-order chi connectivity index (χ1) is 18.7. The minimum Gasteiger partial charge on any atom is -0.302 e. The van der Waals surface area contributed by atoms with Gasteiger partial charge in [-0.2, -0.15) is 0 Å². The van der Waals surface area contributed by atoms with Gasteiger partial charge in [0.25, 0.3) is 0 Å². The number of halogens is 1. The monoisotopic (exact) mass is 556 g/mol. The van der Waals surface area contributed by atoms with Crippen molar-refractivity contribution in [2.75, 3.05) is 10.7 Å². The lowest BCUT2D eigenvalue weighted by Gasteiger charge is -2.40. The van der Waals surface area contributed by atoms with E-state index in [1.165, 1.54) is 11.8 Å². The average Bonchev–Trinajstić information content (AvgIpc) is 3.32. The van der Waals surface area contributed by atoms with Crippen molar-refractivity contribution in [1.29, 1.82) is 0 Å². The second-order valence-electron chi connectivity index (χ2n) is 9.14. The molecule has 4 aromatic rings. The van der Waals surface area contributed by atoms with Gasteiger partial charge >= 0.3 is 0 Å². The molecule has 6 rings (SSSR count). The molecule has 0 unspecified atom stereocenters. The first kappa shape index (κ1) is 25.0. The second-order valence-corrected chi connectivity index (χ2v) is 11.7. The smallest absolute Gasteiger partial charge is 0.238 e. The van der Waals surface area contributed by atoms with Crippen LogP contribution in [0.4, 0.5) is 5.69 Å². The Morgan fingerprint density at radius 1 is 0.895 bits per heavy atom. The lowest BCUT2D eigenvalue weighted by atomic mass is 10.0. The number of hydrogen-bond acceptors (Lipinski definition) is 5. The lowest BCUT2D eigenvalue weighted by Crippen LogP contribution is -2.48. The summed E-state index contributed by atoms with van der Waals surface area (Å²) in [7, 11) is 0.